The van der Waals surface area contributed by atoms with E-state index < -0.39 is 0 Å². The van der Waals surface area contributed by atoms with E-state index in [-0.39, 0.29) is 0 Å². The van der Waals surface area contributed by atoms with Gasteiger partial charge in [0, 0.05) is 38.6 Å². The zero-order valence-electron chi connectivity index (χ0n) is 14.8. The summed E-state index contributed by atoms with van der Waals surface area (Å²) in [6.07, 6.45) is 10.9. The van der Waals surface area contributed by atoms with E-state index in [1.54, 1.807) is 0 Å². The van der Waals surface area contributed by atoms with Gasteiger partial charge in [-0.2, -0.15) is 0 Å². The average molecular weight is 336 g/mol. The standard InChI is InChI=1S/C19H24N6/c1-3-18-21-9-11-25(18)19-8-4-6-16(22-19)17-7-5-10-24(17)13-15-12-20-14-23(15)2/h4,6,8-9,11-12,14,17H,3,5,7,10,13H2,1-2H3/t17-/m1/s1. The topological polar surface area (TPSA) is 51.8 Å². The van der Waals surface area contributed by atoms with E-state index in [1.807, 2.05) is 24.9 Å². The Morgan fingerprint density at radius 2 is 2.20 bits per heavy atom. The molecule has 0 radical (unpaired) electrons. The van der Waals surface area contributed by atoms with E-state index in [1.165, 1.54) is 12.1 Å². The van der Waals surface area contributed by atoms with Crippen LogP contribution in [0, 0.1) is 0 Å². The molecule has 0 unspecified atom stereocenters. The Hall–Kier alpha value is -2.47. The maximum absolute atomic E-state index is 4.97. The molecule has 3 aromatic rings. The van der Waals surface area contributed by atoms with Gasteiger partial charge in [0.05, 0.1) is 23.8 Å². The molecule has 1 fully saturated rings. The molecule has 0 aromatic carbocycles. The van der Waals surface area contributed by atoms with Crippen LogP contribution in [0.4, 0.5) is 0 Å². The third kappa shape index (κ3) is 3.09. The first kappa shape index (κ1) is 16.0. The fourth-order valence-corrected chi connectivity index (χ4v) is 3.66. The molecule has 4 rings (SSSR count). The number of imidazole rings is 2. The fraction of sp³-hybridized carbons (Fsp3) is 0.421. The van der Waals surface area contributed by atoms with Crippen LogP contribution in [0.2, 0.25) is 0 Å². The third-order valence-corrected chi connectivity index (χ3v) is 5.02. The van der Waals surface area contributed by atoms with Crippen molar-refractivity contribution in [3.63, 3.8) is 0 Å². The molecule has 1 aliphatic heterocycles. The van der Waals surface area contributed by atoms with Gasteiger partial charge in [-0.1, -0.05) is 13.0 Å². The van der Waals surface area contributed by atoms with Crippen LogP contribution in [0.15, 0.2) is 43.1 Å². The molecule has 3 aromatic heterocycles. The van der Waals surface area contributed by atoms with Gasteiger partial charge >= 0.3 is 0 Å². The molecule has 0 amide bonds. The van der Waals surface area contributed by atoms with E-state index in [4.69, 9.17) is 4.98 Å². The monoisotopic (exact) mass is 336 g/mol. The van der Waals surface area contributed by atoms with Crippen LogP contribution in [0.25, 0.3) is 5.82 Å². The molecule has 0 bridgehead atoms. The molecule has 25 heavy (non-hydrogen) atoms. The van der Waals surface area contributed by atoms with Gasteiger partial charge in [-0.15, -0.1) is 0 Å². The number of aromatic nitrogens is 5. The second-order valence-corrected chi connectivity index (χ2v) is 6.61. The summed E-state index contributed by atoms with van der Waals surface area (Å²) in [5, 5.41) is 0. The Morgan fingerprint density at radius 3 is 3.00 bits per heavy atom. The molecule has 6 heteroatoms. The van der Waals surface area contributed by atoms with Gasteiger partial charge in [0.25, 0.3) is 0 Å². The molecule has 0 saturated carbocycles. The van der Waals surface area contributed by atoms with Crippen molar-refractivity contribution in [3.05, 3.63) is 60.3 Å². The van der Waals surface area contributed by atoms with E-state index >= 15 is 0 Å². The van der Waals surface area contributed by atoms with Gasteiger partial charge in [0.1, 0.15) is 11.6 Å². The van der Waals surface area contributed by atoms with Crippen LogP contribution in [0.1, 0.15) is 43.0 Å². The van der Waals surface area contributed by atoms with Crippen molar-refractivity contribution in [3.8, 4) is 5.82 Å². The summed E-state index contributed by atoms with van der Waals surface area (Å²) >= 11 is 0. The summed E-state index contributed by atoms with van der Waals surface area (Å²) in [7, 11) is 2.05. The number of pyridine rings is 1. The SMILES string of the molecule is CCc1nccn1-c1cccc([C@H]2CCCN2Cc2cncn2C)n1. The van der Waals surface area contributed by atoms with Crippen LogP contribution < -0.4 is 0 Å². The normalized spacial score (nSPS) is 18.1. The number of nitrogens with zero attached hydrogens (tertiary/aromatic N) is 6. The van der Waals surface area contributed by atoms with Gasteiger partial charge in [0.2, 0.25) is 0 Å². The zero-order chi connectivity index (χ0) is 17.2. The van der Waals surface area contributed by atoms with Gasteiger partial charge < -0.3 is 4.57 Å². The van der Waals surface area contributed by atoms with Crippen LogP contribution in [0.3, 0.4) is 0 Å². The predicted octanol–water partition coefficient (Wildman–Crippen LogP) is 2.90. The second kappa shape index (κ2) is 6.80. The summed E-state index contributed by atoms with van der Waals surface area (Å²) < 4.78 is 4.18. The first-order valence-corrected chi connectivity index (χ1v) is 8.95. The molecule has 1 saturated heterocycles. The summed E-state index contributed by atoms with van der Waals surface area (Å²) in [5.74, 6) is 2.00. The molecule has 4 heterocycles. The summed E-state index contributed by atoms with van der Waals surface area (Å²) in [5.41, 5.74) is 2.39. The highest BCUT2D eigenvalue weighted by Gasteiger charge is 2.28. The smallest absolute Gasteiger partial charge is 0.138 e. The highest BCUT2D eigenvalue weighted by atomic mass is 15.2. The summed E-state index contributed by atoms with van der Waals surface area (Å²) in [6, 6.07) is 6.68. The summed E-state index contributed by atoms with van der Waals surface area (Å²) in [4.78, 5) is 16.1. The third-order valence-electron chi connectivity index (χ3n) is 5.02. The molecule has 1 atom stereocenters. The van der Waals surface area contributed by atoms with Crippen molar-refractivity contribution in [2.45, 2.75) is 38.8 Å². The molecule has 130 valence electrons. The van der Waals surface area contributed by atoms with Gasteiger partial charge in [-0.05, 0) is 31.5 Å². The Morgan fingerprint density at radius 1 is 1.28 bits per heavy atom. The minimum Gasteiger partial charge on any atom is -0.337 e. The Bertz CT molecular complexity index is 849. The molecule has 0 spiro atoms. The molecule has 1 aliphatic rings. The fourth-order valence-electron chi connectivity index (χ4n) is 3.66. The Balaban J connectivity index is 1.60. The quantitative estimate of drug-likeness (QED) is 0.719. The minimum atomic E-state index is 0.364. The Kier molecular flexibility index (Phi) is 4.36. The van der Waals surface area contributed by atoms with E-state index in [0.29, 0.717) is 6.04 Å². The molecule has 6 nitrogen and oxygen atoms in total. The van der Waals surface area contributed by atoms with Crippen LogP contribution in [0.5, 0.6) is 0 Å². The Labute approximate surface area is 148 Å². The van der Waals surface area contributed by atoms with Gasteiger partial charge in [-0.3, -0.25) is 9.47 Å². The van der Waals surface area contributed by atoms with E-state index in [2.05, 4.69) is 56.2 Å². The van der Waals surface area contributed by atoms with Crippen molar-refractivity contribution in [1.82, 2.24) is 29.0 Å². The molecular weight excluding hydrogens is 312 g/mol. The minimum absolute atomic E-state index is 0.364. The first-order valence-electron chi connectivity index (χ1n) is 8.95. The van der Waals surface area contributed by atoms with Crippen molar-refractivity contribution in [2.24, 2.45) is 7.05 Å². The second-order valence-electron chi connectivity index (χ2n) is 6.61. The molecule has 0 aliphatic carbocycles. The maximum atomic E-state index is 4.97. The largest absolute Gasteiger partial charge is 0.337 e. The van der Waals surface area contributed by atoms with Crippen LogP contribution in [-0.4, -0.2) is 35.5 Å². The van der Waals surface area contributed by atoms with Crippen molar-refractivity contribution in [1.29, 1.82) is 0 Å². The lowest BCUT2D eigenvalue weighted by Gasteiger charge is -2.24. The first-order chi connectivity index (χ1) is 12.3. The number of aryl methyl sites for hydroxylation is 2. The van der Waals surface area contributed by atoms with Crippen molar-refractivity contribution in [2.75, 3.05) is 6.54 Å². The van der Waals surface area contributed by atoms with E-state index in [0.717, 1.165) is 43.3 Å². The van der Waals surface area contributed by atoms with Crippen molar-refractivity contribution < 1.29 is 0 Å². The highest BCUT2D eigenvalue weighted by Crippen LogP contribution is 2.32. The lowest BCUT2D eigenvalue weighted by Crippen LogP contribution is -2.24. The lowest BCUT2D eigenvalue weighted by atomic mass is 10.1. The van der Waals surface area contributed by atoms with Gasteiger partial charge in [-0.25, -0.2) is 15.0 Å². The number of likely N-dealkylation sites (tertiary alicyclic amines) is 1. The molecular formula is C19H24N6. The summed E-state index contributed by atoms with van der Waals surface area (Å²) in [6.45, 7) is 4.14. The molecule has 0 N–H and O–H groups in total. The highest BCUT2D eigenvalue weighted by molar-refractivity contribution is 5.28. The number of hydrogen-bond acceptors (Lipinski definition) is 4. The number of rotatable bonds is 5. The van der Waals surface area contributed by atoms with Crippen LogP contribution >= 0.6 is 0 Å². The number of hydrogen-bond donors (Lipinski definition) is 0. The van der Waals surface area contributed by atoms with Crippen molar-refractivity contribution >= 4 is 0 Å². The van der Waals surface area contributed by atoms with E-state index in [9.17, 15) is 0 Å². The van der Waals surface area contributed by atoms with Gasteiger partial charge in [0.15, 0.2) is 0 Å². The average Bonchev–Trinajstić information content (AvgIpc) is 3.37. The zero-order valence-corrected chi connectivity index (χ0v) is 14.8. The van der Waals surface area contributed by atoms with Crippen LogP contribution in [-0.2, 0) is 20.0 Å². The lowest BCUT2D eigenvalue weighted by molar-refractivity contribution is 0.239. The predicted molar refractivity (Wildman–Crippen MR) is 96.3 cm³/mol. The maximum Gasteiger partial charge on any atom is 0.138 e.